The van der Waals surface area contributed by atoms with E-state index in [0.29, 0.717) is 11.8 Å². The Labute approximate surface area is 86.7 Å². The molecular formula is C12H22O2. The molecule has 0 radical (unpaired) electrons. The number of carboxylic acids is 1. The molecule has 0 spiro atoms. The number of carboxylic acid groups (broad SMARTS) is 1. The van der Waals surface area contributed by atoms with Gasteiger partial charge in [0, 0.05) is 0 Å². The van der Waals surface area contributed by atoms with Crippen molar-refractivity contribution >= 4 is 5.97 Å². The lowest BCUT2D eigenvalue weighted by Gasteiger charge is -2.31. The van der Waals surface area contributed by atoms with Crippen molar-refractivity contribution in [3.8, 4) is 0 Å². The van der Waals surface area contributed by atoms with Gasteiger partial charge in [-0.15, -0.1) is 0 Å². The zero-order valence-electron chi connectivity index (χ0n) is 9.33. The maximum Gasteiger partial charge on any atom is 0.306 e. The van der Waals surface area contributed by atoms with E-state index in [-0.39, 0.29) is 5.92 Å². The molecule has 82 valence electrons. The number of rotatable bonds is 4. The van der Waals surface area contributed by atoms with Crippen molar-refractivity contribution in [2.24, 2.45) is 17.8 Å². The van der Waals surface area contributed by atoms with Gasteiger partial charge in [-0.2, -0.15) is 0 Å². The minimum absolute atomic E-state index is 0.127. The molecule has 1 N–H and O–H groups in total. The largest absolute Gasteiger partial charge is 0.481 e. The lowest BCUT2D eigenvalue weighted by Crippen LogP contribution is -2.28. The zero-order valence-corrected chi connectivity index (χ0v) is 9.33. The summed E-state index contributed by atoms with van der Waals surface area (Å²) in [6.45, 7) is 4.11. The van der Waals surface area contributed by atoms with Gasteiger partial charge in [-0.3, -0.25) is 4.79 Å². The van der Waals surface area contributed by atoms with E-state index < -0.39 is 5.97 Å². The molecule has 1 fully saturated rings. The van der Waals surface area contributed by atoms with Gasteiger partial charge in [-0.05, 0) is 18.3 Å². The molecule has 0 amide bonds. The first-order chi connectivity index (χ1) is 6.66. The number of hydrogen-bond acceptors (Lipinski definition) is 1. The van der Waals surface area contributed by atoms with Crippen LogP contribution in [0.5, 0.6) is 0 Å². The molecule has 0 heterocycles. The Kier molecular flexibility index (Phi) is 4.43. The van der Waals surface area contributed by atoms with Gasteiger partial charge in [0.15, 0.2) is 0 Å². The molecule has 1 rings (SSSR count). The van der Waals surface area contributed by atoms with E-state index in [1.807, 2.05) is 6.92 Å². The average molecular weight is 198 g/mol. The van der Waals surface area contributed by atoms with Gasteiger partial charge < -0.3 is 5.11 Å². The maximum atomic E-state index is 11.0. The average Bonchev–Trinajstić information content (AvgIpc) is 2.19. The fourth-order valence-corrected chi connectivity index (χ4v) is 2.76. The quantitative estimate of drug-likeness (QED) is 0.752. The van der Waals surface area contributed by atoms with Crippen LogP contribution < -0.4 is 0 Å². The van der Waals surface area contributed by atoms with E-state index in [0.717, 1.165) is 6.42 Å². The molecule has 1 aliphatic carbocycles. The Balaban J connectivity index is 2.51. The van der Waals surface area contributed by atoms with E-state index in [1.165, 1.54) is 32.1 Å². The smallest absolute Gasteiger partial charge is 0.306 e. The second kappa shape index (κ2) is 5.38. The molecule has 0 aromatic rings. The molecule has 0 bridgehead atoms. The predicted molar refractivity (Wildman–Crippen MR) is 57.2 cm³/mol. The summed E-state index contributed by atoms with van der Waals surface area (Å²) in [5, 5.41) is 9.07. The Morgan fingerprint density at radius 1 is 1.36 bits per heavy atom. The van der Waals surface area contributed by atoms with E-state index in [2.05, 4.69) is 6.92 Å². The lowest BCUT2D eigenvalue weighted by molar-refractivity contribution is -0.144. The predicted octanol–water partition coefficient (Wildman–Crippen LogP) is 3.31. The van der Waals surface area contributed by atoms with Crippen molar-refractivity contribution in [1.82, 2.24) is 0 Å². The number of hydrogen-bond donors (Lipinski definition) is 1. The van der Waals surface area contributed by atoms with Crippen molar-refractivity contribution in [3.63, 3.8) is 0 Å². The third-order valence-electron chi connectivity index (χ3n) is 3.79. The summed E-state index contributed by atoms with van der Waals surface area (Å²) in [4.78, 5) is 11.0. The van der Waals surface area contributed by atoms with Crippen LogP contribution in [0.15, 0.2) is 0 Å². The van der Waals surface area contributed by atoms with Crippen molar-refractivity contribution in [2.45, 2.75) is 52.4 Å². The zero-order chi connectivity index (χ0) is 10.6. The summed E-state index contributed by atoms with van der Waals surface area (Å²) in [6.07, 6.45) is 7.19. The van der Waals surface area contributed by atoms with Crippen LogP contribution in [-0.2, 0) is 4.79 Å². The van der Waals surface area contributed by atoms with Crippen molar-refractivity contribution < 1.29 is 9.90 Å². The maximum absolute atomic E-state index is 11.0. The molecule has 1 unspecified atom stereocenters. The Morgan fingerprint density at radius 3 is 2.36 bits per heavy atom. The topological polar surface area (TPSA) is 37.3 Å². The summed E-state index contributed by atoms with van der Waals surface area (Å²) in [6, 6.07) is 0. The van der Waals surface area contributed by atoms with Gasteiger partial charge in [0.1, 0.15) is 0 Å². The van der Waals surface area contributed by atoms with Gasteiger partial charge in [0.2, 0.25) is 0 Å². The molecule has 2 nitrogen and oxygen atoms in total. The molecule has 2 heteroatoms. The van der Waals surface area contributed by atoms with Gasteiger partial charge >= 0.3 is 5.97 Å². The highest BCUT2D eigenvalue weighted by Crippen LogP contribution is 2.34. The first-order valence-corrected chi connectivity index (χ1v) is 5.89. The van der Waals surface area contributed by atoms with Crippen LogP contribution in [0, 0.1) is 17.8 Å². The molecule has 2 atom stereocenters. The van der Waals surface area contributed by atoms with Crippen LogP contribution in [0.3, 0.4) is 0 Å². The fourth-order valence-electron chi connectivity index (χ4n) is 2.76. The van der Waals surface area contributed by atoms with Crippen LogP contribution in [0.25, 0.3) is 0 Å². The van der Waals surface area contributed by atoms with Crippen LogP contribution in [0.1, 0.15) is 52.4 Å². The van der Waals surface area contributed by atoms with Crippen molar-refractivity contribution in [3.05, 3.63) is 0 Å². The molecule has 0 aliphatic heterocycles. The van der Waals surface area contributed by atoms with Crippen molar-refractivity contribution in [1.29, 1.82) is 0 Å². The van der Waals surface area contributed by atoms with Crippen LogP contribution >= 0.6 is 0 Å². The summed E-state index contributed by atoms with van der Waals surface area (Å²) in [5.74, 6) is 0.284. The van der Waals surface area contributed by atoms with Gasteiger partial charge in [-0.25, -0.2) is 0 Å². The van der Waals surface area contributed by atoms with E-state index in [9.17, 15) is 4.79 Å². The Bertz CT molecular complexity index is 183. The Hall–Kier alpha value is -0.530. The highest BCUT2D eigenvalue weighted by atomic mass is 16.4. The molecule has 1 saturated carbocycles. The lowest BCUT2D eigenvalue weighted by atomic mass is 9.74. The summed E-state index contributed by atoms with van der Waals surface area (Å²) >= 11 is 0. The first-order valence-electron chi connectivity index (χ1n) is 5.89. The Morgan fingerprint density at radius 2 is 1.93 bits per heavy atom. The monoisotopic (exact) mass is 198 g/mol. The molecule has 14 heavy (non-hydrogen) atoms. The van der Waals surface area contributed by atoms with Gasteiger partial charge in [-0.1, -0.05) is 46.0 Å². The van der Waals surface area contributed by atoms with Crippen LogP contribution in [-0.4, -0.2) is 11.1 Å². The van der Waals surface area contributed by atoms with Crippen LogP contribution in [0.4, 0.5) is 0 Å². The van der Waals surface area contributed by atoms with Crippen LogP contribution in [0.2, 0.25) is 0 Å². The molecular weight excluding hydrogens is 176 g/mol. The standard InChI is InChI=1S/C12H22O2/c1-3-11(12(13)14)9(2)10-7-5-4-6-8-10/h9-11H,3-8H2,1-2H3,(H,13,14)/t9?,11-/m1/s1. The highest BCUT2D eigenvalue weighted by Gasteiger charge is 2.30. The molecule has 0 aromatic heterocycles. The summed E-state index contributed by atoms with van der Waals surface area (Å²) in [5.41, 5.74) is 0. The highest BCUT2D eigenvalue weighted by molar-refractivity contribution is 5.70. The minimum atomic E-state index is -0.606. The molecule has 1 aliphatic rings. The number of carbonyl (C=O) groups is 1. The normalized spacial score (nSPS) is 23.0. The van der Waals surface area contributed by atoms with E-state index in [1.54, 1.807) is 0 Å². The first kappa shape index (κ1) is 11.5. The van der Waals surface area contributed by atoms with Crippen molar-refractivity contribution in [2.75, 3.05) is 0 Å². The van der Waals surface area contributed by atoms with Gasteiger partial charge in [0.05, 0.1) is 5.92 Å². The molecule has 0 aromatic carbocycles. The third-order valence-corrected chi connectivity index (χ3v) is 3.79. The second-order valence-corrected chi connectivity index (χ2v) is 4.61. The second-order valence-electron chi connectivity index (χ2n) is 4.61. The molecule has 0 saturated heterocycles. The summed E-state index contributed by atoms with van der Waals surface area (Å²) in [7, 11) is 0. The minimum Gasteiger partial charge on any atom is -0.481 e. The SMILES string of the molecule is CC[C@@H](C(=O)O)C(C)C1CCCCC1. The summed E-state index contributed by atoms with van der Waals surface area (Å²) < 4.78 is 0. The van der Waals surface area contributed by atoms with Gasteiger partial charge in [0.25, 0.3) is 0 Å². The fraction of sp³-hybridized carbons (Fsp3) is 0.917. The number of aliphatic carboxylic acids is 1. The van der Waals surface area contributed by atoms with E-state index >= 15 is 0 Å². The third kappa shape index (κ3) is 2.73. The van der Waals surface area contributed by atoms with E-state index in [4.69, 9.17) is 5.11 Å².